The normalized spacial score (nSPS) is 17.4. The Kier molecular flexibility index (Phi) is 4.96. The minimum atomic E-state index is 0.626. The van der Waals surface area contributed by atoms with Gasteiger partial charge in [-0.05, 0) is 0 Å². The molecule has 1 aromatic carbocycles. The molecule has 1 saturated heterocycles. The summed E-state index contributed by atoms with van der Waals surface area (Å²) >= 11 is 4.92. The summed E-state index contributed by atoms with van der Waals surface area (Å²) in [5.41, 5.74) is 1.29. The molecular formula is C12H17NS2Se. The number of anilines is 1. The van der Waals surface area contributed by atoms with Crippen molar-refractivity contribution in [2.45, 2.75) is 9.90 Å². The summed E-state index contributed by atoms with van der Waals surface area (Å²) < 4.78 is 2.37. The second-order valence-electron chi connectivity index (χ2n) is 3.89. The summed E-state index contributed by atoms with van der Waals surface area (Å²) in [6.07, 6.45) is 1.39. The zero-order valence-electron chi connectivity index (χ0n) is 9.68. The Balaban J connectivity index is 1.93. The molecule has 1 aliphatic rings. The fourth-order valence-electron chi connectivity index (χ4n) is 1.47. The standard InChI is InChI=1S/C12H17NS2Se/c1-13(2)10-4-6-11(7-5-10)16-12-14-8-3-9-15-12/h4-7,12H,3,8-9H2,1-2H3. The van der Waals surface area contributed by atoms with Crippen molar-refractivity contribution in [2.75, 3.05) is 30.5 Å². The van der Waals surface area contributed by atoms with Crippen molar-refractivity contribution in [3.8, 4) is 0 Å². The minimum absolute atomic E-state index is 0.626. The first-order chi connectivity index (χ1) is 7.75. The Morgan fingerprint density at radius 2 is 1.75 bits per heavy atom. The van der Waals surface area contributed by atoms with Crippen LogP contribution in [0.15, 0.2) is 24.3 Å². The summed E-state index contributed by atoms with van der Waals surface area (Å²) in [6, 6.07) is 9.06. The van der Waals surface area contributed by atoms with E-state index in [0.29, 0.717) is 15.0 Å². The molecule has 1 aromatic rings. The summed E-state index contributed by atoms with van der Waals surface area (Å²) in [4.78, 5) is 2.15. The van der Waals surface area contributed by atoms with Gasteiger partial charge in [-0.15, -0.1) is 0 Å². The van der Waals surface area contributed by atoms with Crippen molar-refractivity contribution in [1.29, 1.82) is 0 Å². The average molecular weight is 318 g/mol. The molecule has 0 spiro atoms. The van der Waals surface area contributed by atoms with Crippen LogP contribution in [0.25, 0.3) is 0 Å². The van der Waals surface area contributed by atoms with Crippen molar-refractivity contribution in [3.05, 3.63) is 24.3 Å². The van der Waals surface area contributed by atoms with Gasteiger partial charge >= 0.3 is 113 Å². The van der Waals surface area contributed by atoms with Crippen LogP contribution < -0.4 is 9.36 Å². The quantitative estimate of drug-likeness (QED) is 0.787. The van der Waals surface area contributed by atoms with E-state index >= 15 is 0 Å². The van der Waals surface area contributed by atoms with Crippen molar-refractivity contribution in [2.24, 2.45) is 0 Å². The Labute approximate surface area is 113 Å². The van der Waals surface area contributed by atoms with Crippen LogP contribution in [-0.2, 0) is 0 Å². The summed E-state index contributed by atoms with van der Waals surface area (Å²) in [5.74, 6) is 2.71. The molecule has 0 bridgehead atoms. The number of hydrogen-bond donors (Lipinski definition) is 0. The van der Waals surface area contributed by atoms with Crippen molar-refractivity contribution in [3.63, 3.8) is 0 Å². The van der Waals surface area contributed by atoms with Gasteiger partial charge in [-0.25, -0.2) is 0 Å². The first kappa shape index (κ1) is 12.7. The van der Waals surface area contributed by atoms with Crippen LogP contribution in [0.4, 0.5) is 5.69 Å². The van der Waals surface area contributed by atoms with E-state index in [0.717, 1.165) is 3.48 Å². The Morgan fingerprint density at radius 3 is 2.31 bits per heavy atom. The van der Waals surface area contributed by atoms with Gasteiger partial charge in [-0.2, -0.15) is 0 Å². The maximum absolute atomic E-state index is 2.30. The third kappa shape index (κ3) is 3.63. The fraction of sp³-hybridized carbons (Fsp3) is 0.500. The van der Waals surface area contributed by atoms with Crippen LogP contribution in [0.1, 0.15) is 6.42 Å². The van der Waals surface area contributed by atoms with E-state index in [-0.39, 0.29) is 0 Å². The molecule has 0 aliphatic carbocycles. The number of benzene rings is 1. The van der Waals surface area contributed by atoms with Gasteiger partial charge in [-0.3, -0.25) is 0 Å². The monoisotopic (exact) mass is 319 g/mol. The fourth-order valence-corrected chi connectivity index (χ4v) is 8.06. The van der Waals surface area contributed by atoms with Gasteiger partial charge < -0.3 is 0 Å². The molecule has 88 valence electrons. The molecule has 1 fully saturated rings. The Bertz CT molecular complexity index is 320. The van der Waals surface area contributed by atoms with E-state index in [1.54, 1.807) is 0 Å². The number of thioether (sulfide) groups is 2. The third-order valence-electron chi connectivity index (χ3n) is 2.38. The van der Waals surface area contributed by atoms with E-state index in [4.69, 9.17) is 0 Å². The van der Waals surface area contributed by atoms with Gasteiger partial charge in [-0.1, -0.05) is 0 Å². The zero-order chi connectivity index (χ0) is 11.4. The van der Waals surface area contributed by atoms with E-state index in [1.807, 2.05) is 0 Å². The van der Waals surface area contributed by atoms with Gasteiger partial charge in [0.25, 0.3) is 0 Å². The molecule has 0 saturated carbocycles. The van der Waals surface area contributed by atoms with Crippen molar-refractivity contribution >= 4 is 48.6 Å². The van der Waals surface area contributed by atoms with E-state index < -0.39 is 0 Å². The van der Waals surface area contributed by atoms with Crippen LogP contribution in [0, 0.1) is 0 Å². The second kappa shape index (κ2) is 6.25. The molecule has 0 aromatic heterocycles. The molecule has 4 heteroatoms. The van der Waals surface area contributed by atoms with Gasteiger partial charge in [0.1, 0.15) is 0 Å². The zero-order valence-corrected chi connectivity index (χ0v) is 13.0. The Hall–Kier alpha value is 0.239. The van der Waals surface area contributed by atoms with E-state index in [1.165, 1.54) is 28.1 Å². The third-order valence-corrected chi connectivity index (χ3v) is 9.05. The topological polar surface area (TPSA) is 3.24 Å². The molecule has 2 rings (SSSR count). The predicted molar refractivity (Wildman–Crippen MR) is 79.5 cm³/mol. The van der Waals surface area contributed by atoms with Gasteiger partial charge in [0.2, 0.25) is 0 Å². The first-order valence-electron chi connectivity index (χ1n) is 5.43. The van der Waals surface area contributed by atoms with Crippen LogP contribution in [0.2, 0.25) is 0 Å². The Morgan fingerprint density at radius 1 is 1.12 bits per heavy atom. The van der Waals surface area contributed by atoms with Crippen molar-refractivity contribution < 1.29 is 0 Å². The first-order valence-corrected chi connectivity index (χ1v) is 9.37. The summed E-state index contributed by atoms with van der Waals surface area (Å²) in [7, 11) is 4.18. The molecule has 1 aliphatic heterocycles. The molecule has 1 nitrogen and oxygen atoms in total. The van der Waals surface area contributed by atoms with Crippen LogP contribution in [0.3, 0.4) is 0 Å². The molecule has 0 atom stereocenters. The van der Waals surface area contributed by atoms with Gasteiger partial charge in [0.15, 0.2) is 0 Å². The molecular weight excluding hydrogens is 301 g/mol. The van der Waals surface area contributed by atoms with E-state index in [2.05, 4.69) is 66.8 Å². The van der Waals surface area contributed by atoms with Crippen LogP contribution in [-0.4, -0.2) is 44.0 Å². The molecule has 0 unspecified atom stereocenters. The molecule has 16 heavy (non-hydrogen) atoms. The molecule has 0 radical (unpaired) electrons. The van der Waals surface area contributed by atoms with Gasteiger partial charge in [0.05, 0.1) is 0 Å². The predicted octanol–water partition coefficient (Wildman–Crippen LogP) is 2.24. The SMILES string of the molecule is CN(C)c1ccc([Se]C2SCCCS2)cc1. The molecule has 1 heterocycles. The summed E-state index contributed by atoms with van der Waals surface area (Å²) in [5, 5.41) is 0. The van der Waals surface area contributed by atoms with Crippen molar-refractivity contribution in [1.82, 2.24) is 0 Å². The molecule has 0 N–H and O–H groups in total. The van der Waals surface area contributed by atoms with E-state index in [9.17, 15) is 0 Å². The second-order valence-corrected chi connectivity index (χ2v) is 10.4. The van der Waals surface area contributed by atoms with Crippen LogP contribution in [0.5, 0.6) is 0 Å². The maximum atomic E-state index is 2.30. The van der Waals surface area contributed by atoms with Gasteiger partial charge in [0, 0.05) is 0 Å². The number of nitrogens with zero attached hydrogens (tertiary/aromatic N) is 1. The van der Waals surface area contributed by atoms with Crippen LogP contribution >= 0.6 is 23.5 Å². The molecule has 0 amide bonds. The number of rotatable bonds is 3. The summed E-state index contributed by atoms with van der Waals surface area (Å²) in [6.45, 7) is 0. The average Bonchev–Trinajstić information content (AvgIpc) is 2.31. The number of hydrogen-bond acceptors (Lipinski definition) is 3.